The van der Waals surface area contributed by atoms with Crippen LogP contribution in [0.25, 0.3) is 0 Å². The van der Waals surface area contributed by atoms with Crippen LogP contribution in [0.4, 0.5) is 0 Å². The maximum Gasteiger partial charge on any atom is 0.354 e. The topological polar surface area (TPSA) is 91.2 Å². The Hall–Kier alpha value is -1.40. The monoisotopic (exact) mass is 158 g/mol. The van der Waals surface area contributed by atoms with Gasteiger partial charge in [-0.3, -0.25) is 4.99 Å². The molecule has 0 radical (unpaired) electrons. The Morgan fingerprint density at radius 3 is 3.00 bits per heavy atom. The molecule has 1 aliphatic rings. The van der Waals surface area contributed by atoms with Gasteiger partial charge in [0.1, 0.15) is 5.71 Å². The molecule has 0 saturated carbocycles. The molecule has 3 N–H and O–H groups in total. The fraction of sp³-hybridized carbons (Fsp3) is 0.200. The van der Waals surface area contributed by atoms with E-state index >= 15 is 0 Å². The minimum Gasteiger partial charge on any atom is -0.477 e. The normalized spacial score (nSPS) is 15.7. The van der Waals surface area contributed by atoms with Crippen LogP contribution in [-0.2, 0) is 9.78 Å². The number of carboxylic acid groups (broad SMARTS) is 1. The van der Waals surface area contributed by atoms with E-state index < -0.39 is 5.97 Å². The molecule has 0 aromatic heterocycles. The largest absolute Gasteiger partial charge is 0.477 e. The lowest BCUT2D eigenvalue weighted by molar-refractivity contribution is -0.283. The predicted octanol–water partition coefficient (Wildman–Crippen LogP) is -0.596. The SMILES string of the molecule is O=C(O)C1=NCC(NOO)=C1. The predicted molar refractivity (Wildman–Crippen MR) is 34.9 cm³/mol. The molecule has 0 aromatic rings. The maximum atomic E-state index is 10.2. The molecular weight excluding hydrogens is 152 g/mol. The fourth-order valence-corrected chi connectivity index (χ4v) is 0.676. The summed E-state index contributed by atoms with van der Waals surface area (Å²) in [6, 6.07) is 0. The Morgan fingerprint density at radius 1 is 1.82 bits per heavy atom. The Labute approximate surface area is 61.7 Å². The van der Waals surface area contributed by atoms with Crippen molar-refractivity contribution in [3.8, 4) is 0 Å². The Balaban J connectivity index is 2.56. The molecule has 1 rings (SSSR count). The summed E-state index contributed by atoms with van der Waals surface area (Å²) in [6.45, 7) is 0.183. The van der Waals surface area contributed by atoms with E-state index in [-0.39, 0.29) is 12.3 Å². The van der Waals surface area contributed by atoms with Crippen LogP contribution in [0.15, 0.2) is 16.8 Å². The first-order chi connectivity index (χ1) is 5.24. The molecule has 0 bridgehead atoms. The molecule has 0 aliphatic carbocycles. The Morgan fingerprint density at radius 2 is 2.55 bits per heavy atom. The number of hydroxylamine groups is 1. The lowest BCUT2D eigenvalue weighted by atomic mass is 10.3. The van der Waals surface area contributed by atoms with Crippen molar-refractivity contribution in [2.24, 2.45) is 4.99 Å². The van der Waals surface area contributed by atoms with E-state index in [1.165, 1.54) is 6.08 Å². The van der Waals surface area contributed by atoms with Crippen LogP contribution in [0.2, 0.25) is 0 Å². The maximum absolute atomic E-state index is 10.2. The van der Waals surface area contributed by atoms with Gasteiger partial charge in [-0.1, -0.05) is 0 Å². The molecule has 6 nitrogen and oxygen atoms in total. The lowest BCUT2D eigenvalue weighted by Gasteiger charge is -1.96. The average molecular weight is 158 g/mol. The summed E-state index contributed by atoms with van der Waals surface area (Å²) in [6.07, 6.45) is 1.28. The van der Waals surface area contributed by atoms with Crippen LogP contribution in [0, 0.1) is 0 Å². The van der Waals surface area contributed by atoms with Crippen molar-refractivity contribution in [2.75, 3.05) is 6.54 Å². The van der Waals surface area contributed by atoms with Gasteiger partial charge in [0.15, 0.2) is 0 Å². The molecule has 0 unspecified atom stereocenters. The van der Waals surface area contributed by atoms with Gasteiger partial charge in [-0.05, 0) is 6.08 Å². The summed E-state index contributed by atoms with van der Waals surface area (Å²) in [5.41, 5.74) is 2.42. The van der Waals surface area contributed by atoms with Gasteiger partial charge >= 0.3 is 5.97 Å². The van der Waals surface area contributed by atoms with E-state index in [4.69, 9.17) is 10.4 Å². The van der Waals surface area contributed by atoms with Gasteiger partial charge in [0, 0.05) is 0 Å². The van der Waals surface area contributed by atoms with Crippen LogP contribution in [0.1, 0.15) is 0 Å². The number of aliphatic imine (C=N–C) groups is 1. The van der Waals surface area contributed by atoms with Crippen LogP contribution in [0.5, 0.6) is 0 Å². The summed E-state index contributed by atoms with van der Waals surface area (Å²) >= 11 is 0. The number of hydrogen-bond acceptors (Lipinski definition) is 5. The van der Waals surface area contributed by atoms with Crippen molar-refractivity contribution in [3.63, 3.8) is 0 Å². The molecule has 0 spiro atoms. The summed E-state index contributed by atoms with van der Waals surface area (Å²) in [5.74, 6) is -1.10. The highest BCUT2D eigenvalue weighted by atomic mass is 17.2. The van der Waals surface area contributed by atoms with Gasteiger partial charge in [0.2, 0.25) is 0 Å². The second kappa shape index (κ2) is 3.13. The van der Waals surface area contributed by atoms with Gasteiger partial charge in [-0.2, -0.15) is 0 Å². The third-order valence-corrected chi connectivity index (χ3v) is 1.13. The first-order valence-corrected chi connectivity index (χ1v) is 2.79. The molecule has 1 aliphatic heterocycles. The number of carbonyl (C=O) groups is 1. The number of carboxylic acids is 1. The molecule has 11 heavy (non-hydrogen) atoms. The Bertz CT molecular complexity index is 233. The van der Waals surface area contributed by atoms with Gasteiger partial charge < -0.3 is 5.11 Å². The van der Waals surface area contributed by atoms with Gasteiger partial charge in [-0.15, -0.1) is 4.99 Å². The molecule has 1 heterocycles. The van der Waals surface area contributed by atoms with Crippen LogP contribution < -0.4 is 5.48 Å². The summed E-state index contributed by atoms with van der Waals surface area (Å²) in [4.78, 5) is 17.4. The molecule has 0 aromatic carbocycles. The van der Waals surface area contributed by atoms with Crippen molar-refractivity contribution in [1.29, 1.82) is 0 Å². The fourth-order valence-electron chi connectivity index (χ4n) is 0.676. The second-order valence-corrected chi connectivity index (χ2v) is 1.87. The van der Waals surface area contributed by atoms with Crippen molar-refractivity contribution in [1.82, 2.24) is 5.48 Å². The van der Waals surface area contributed by atoms with E-state index in [2.05, 4.69) is 15.5 Å². The number of aliphatic carboxylic acids is 1. The second-order valence-electron chi connectivity index (χ2n) is 1.87. The van der Waals surface area contributed by atoms with Crippen molar-refractivity contribution in [3.05, 3.63) is 11.8 Å². The van der Waals surface area contributed by atoms with Gasteiger partial charge in [0.05, 0.1) is 12.2 Å². The summed E-state index contributed by atoms with van der Waals surface area (Å²) in [7, 11) is 0. The smallest absolute Gasteiger partial charge is 0.354 e. The third kappa shape index (κ3) is 1.76. The van der Waals surface area contributed by atoms with E-state index in [0.29, 0.717) is 5.70 Å². The molecule has 60 valence electrons. The summed E-state index contributed by atoms with van der Waals surface area (Å²) < 4.78 is 0. The number of rotatable bonds is 3. The average Bonchev–Trinajstić information content (AvgIpc) is 2.37. The van der Waals surface area contributed by atoms with E-state index in [0.717, 1.165) is 0 Å². The molecule has 0 fully saturated rings. The summed E-state index contributed by atoms with van der Waals surface area (Å²) in [5, 5.41) is 16.3. The van der Waals surface area contributed by atoms with Crippen molar-refractivity contribution in [2.45, 2.75) is 0 Å². The van der Waals surface area contributed by atoms with Crippen LogP contribution in [-0.4, -0.2) is 28.6 Å². The first kappa shape index (κ1) is 7.70. The zero-order valence-electron chi connectivity index (χ0n) is 5.44. The molecule has 0 atom stereocenters. The molecule has 0 amide bonds. The quantitative estimate of drug-likeness (QED) is 0.377. The van der Waals surface area contributed by atoms with E-state index in [1.54, 1.807) is 0 Å². The third-order valence-electron chi connectivity index (χ3n) is 1.13. The van der Waals surface area contributed by atoms with E-state index in [1.807, 2.05) is 0 Å². The first-order valence-electron chi connectivity index (χ1n) is 2.79. The lowest BCUT2D eigenvalue weighted by Crippen LogP contribution is -2.12. The molecule has 6 heteroatoms. The van der Waals surface area contributed by atoms with Crippen molar-refractivity contribution < 1.29 is 20.1 Å². The zero-order chi connectivity index (χ0) is 8.27. The Kier molecular flexibility index (Phi) is 2.19. The minimum absolute atomic E-state index is 0.0513. The van der Waals surface area contributed by atoms with Gasteiger partial charge in [-0.25, -0.2) is 15.5 Å². The number of hydrogen-bond donors (Lipinski definition) is 3. The highest BCUT2D eigenvalue weighted by Gasteiger charge is 2.13. The minimum atomic E-state index is -1.10. The molecular formula is C5H6N2O4. The highest BCUT2D eigenvalue weighted by molar-refractivity contribution is 6.41. The molecule has 0 saturated heterocycles. The standard InChI is InChI=1S/C5H6N2O4/c8-5(9)4-1-3(2-6-4)7-11-10/h1,7,10H,2H2,(H,8,9). The van der Waals surface area contributed by atoms with Crippen LogP contribution in [0.3, 0.4) is 0 Å². The van der Waals surface area contributed by atoms with Crippen LogP contribution >= 0.6 is 0 Å². The number of nitrogens with one attached hydrogen (secondary N) is 1. The highest BCUT2D eigenvalue weighted by Crippen LogP contribution is 2.01. The van der Waals surface area contributed by atoms with E-state index in [9.17, 15) is 4.79 Å². The van der Waals surface area contributed by atoms with Crippen molar-refractivity contribution >= 4 is 11.7 Å². The number of nitrogens with zero attached hydrogens (tertiary/aromatic N) is 1. The van der Waals surface area contributed by atoms with Gasteiger partial charge in [0.25, 0.3) is 0 Å². The zero-order valence-corrected chi connectivity index (χ0v) is 5.44.